The average molecular weight is 558 g/mol. The Morgan fingerprint density at radius 2 is 1.78 bits per heavy atom. The Morgan fingerprint density at radius 3 is 2.54 bits per heavy atom. The van der Waals surface area contributed by atoms with Crippen molar-refractivity contribution in [3.05, 3.63) is 85.7 Å². The zero-order chi connectivity index (χ0) is 26.1. The molecular weight excluding hydrogens is 537 g/mol. The summed E-state index contributed by atoms with van der Waals surface area (Å²) in [6, 6.07) is 14.6. The number of fused-ring (bicyclic) bond motifs is 1. The Kier molecular flexibility index (Phi) is 7.24. The van der Waals surface area contributed by atoms with Crippen LogP contribution in [-0.2, 0) is 17.9 Å². The highest BCUT2D eigenvalue weighted by atomic mass is 35.5. The van der Waals surface area contributed by atoms with Gasteiger partial charge in [0.1, 0.15) is 6.61 Å². The molecule has 1 saturated heterocycles. The van der Waals surface area contributed by atoms with Crippen LogP contribution in [0.3, 0.4) is 0 Å². The number of aryl methyl sites for hydroxylation is 1. The number of nitrogens with zero attached hydrogens (tertiary/aromatic N) is 1. The van der Waals surface area contributed by atoms with Gasteiger partial charge in [0.05, 0.1) is 23.6 Å². The Labute approximate surface area is 227 Å². The number of rotatable bonds is 7. The molecule has 190 valence electrons. The number of imide groups is 1. The van der Waals surface area contributed by atoms with Crippen molar-refractivity contribution in [3.63, 3.8) is 0 Å². The summed E-state index contributed by atoms with van der Waals surface area (Å²) in [5.41, 5.74) is 3.30. The van der Waals surface area contributed by atoms with Gasteiger partial charge in [0.2, 0.25) is 6.79 Å². The molecule has 0 atom stereocenters. The fraction of sp³-hybridized carbons (Fsp3) is 0.185. The van der Waals surface area contributed by atoms with E-state index < -0.39 is 11.1 Å². The van der Waals surface area contributed by atoms with E-state index in [9.17, 15) is 9.59 Å². The van der Waals surface area contributed by atoms with Gasteiger partial charge in [-0.15, -0.1) is 0 Å². The number of carbonyl (C=O) groups is 2. The molecule has 0 aromatic heterocycles. The van der Waals surface area contributed by atoms with Gasteiger partial charge < -0.3 is 18.9 Å². The summed E-state index contributed by atoms with van der Waals surface area (Å²) in [4.78, 5) is 27.2. The quantitative estimate of drug-likeness (QED) is 0.294. The van der Waals surface area contributed by atoms with Gasteiger partial charge in [-0.3, -0.25) is 14.5 Å². The smallest absolute Gasteiger partial charge is 0.293 e. The molecule has 2 aliphatic rings. The maximum absolute atomic E-state index is 13.1. The number of benzene rings is 3. The van der Waals surface area contributed by atoms with Crippen LogP contribution in [0.5, 0.6) is 23.0 Å². The summed E-state index contributed by atoms with van der Waals surface area (Å²) in [5.74, 6) is 1.43. The van der Waals surface area contributed by atoms with Crippen LogP contribution in [0.25, 0.3) is 6.08 Å². The Balaban J connectivity index is 1.35. The lowest BCUT2D eigenvalue weighted by molar-refractivity contribution is -0.123. The highest BCUT2D eigenvalue weighted by Crippen LogP contribution is 2.41. The van der Waals surface area contributed by atoms with Gasteiger partial charge in [-0.1, -0.05) is 47.5 Å². The second-order valence-corrected chi connectivity index (χ2v) is 10.1. The minimum absolute atomic E-state index is 0.00718. The lowest BCUT2D eigenvalue weighted by atomic mass is 10.1. The van der Waals surface area contributed by atoms with E-state index in [4.69, 9.17) is 42.1 Å². The molecule has 0 saturated carbocycles. The van der Waals surface area contributed by atoms with E-state index in [2.05, 4.69) is 0 Å². The van der Waals surface area contributed by atoms with E-state index in [1.807, 2.05) is 31.2 Å². The van der Waals surface area contributed by atoms with Gasteiger partial charge in [0.15, 0.2) is 23.0 Å². The largest absolute Gasteiger partial charge is 0.493 e. The van der Waals surface area contributed by atoms with E-state index in [0.29, 0.717) is 50.8 Å². The molecule has 3 aromatic rings. The van der Waals surface area contributed by atoms with Crippen molar-refractivity contribution >= 4 is 52.2 Å². The average Bonchev–Trinajstić information content (AvgIpc) is 3.43. The predicted molar refractivity (Wildman–Crippen MR) is 143 cm³/mol. The summed E-state index contributed by atoms with van der Waals surface area (Å²) in [6.07, 6.45) is 1.60. The third-order valence-corrected chi connectivity index (χ3v) is 7.47. The number of hydrogen-bond acceptors (Lipinski definition) is 7. The molecule has 1 fully saturated rings. The summed E-state index contributed by atoms with van der Waals surface area (Å²) < 4.78 is 22.2. The summed E-state index contributed by atoms with van der Waals surface area (Å²) in [6.45, 7) is 2.44. The van der Waals surface area contributed by atoms with Crippen LogP contribution < -0.4 is 18.9 Å². The van der Waals surface area contributed by atoms with E-state index in [-0.39, 0.29) is 18.2 Å². The second kappa shape index (κ2) is 10.6. The lowest BCUT2D eigenvalue weighted by Gasteiger charge is -2.15. The summed E-state index contributed by atoms with van der Waals surface area (Å²) >= 11 is 13.7. The Morgan fingerprint density at radius 1 is 1.03 bits per heavy atom. The van der Waals surface area contributed by atoms with Crippen molar-refractivity contribution < 1.29 is 28.5 Å². The van der Waals surface area contributed by atoms with Gasteiger partial charge in [0, 0.05) is 11.1 Å². The Hall–Kier alpha value is -3.33. The third kappa shape index (κ3) is 5.23. The normalized spacial score (nSPS) is 15.6. The van der Waals surface area contributed by atoms with Gasteiger partial charge in [-0.25, -0.2) is 0 Å². The van der Waals surface area contributed by atoms with Gasteiger partial charge in [-0.2, -0.15) is 0 Å². The number of carbonyl (C=O) groups excluding carboxylic acids is 2. The fourth-order valence-electron chi connectivity index (χ4n) is 3.92. The van der Waals surface area contributed by atoms with Crippen LogP contribution in [-0.4, -0.2) is 29.9 Å². The maximum Gasteiger partial charge on any atom is 0.293 e. The molecule has 0 N–H and O–H groups in total. The number of amides is 2. The lowest BCUT2D eigenvalue weighted by Crippen LogP contribution is -2.27. The molecule has 0 unspecified atom stereocenters. The zero-order valence-corrected chi connectivity index (χ0v) is 22.2. The number of methoxy groups -OCH3 is 1. The molecule has 7 nitrogen and oxygen atoms in total. The zero-order valence-electron chi connectivity index (χ0n) is 19.9. The highest BCUT2D eigenvalue weighted by Gasteiger charge is 2.36. The number of thioether (sulfide) groups is 1. The molecule has 0 spiro atoms. The van der Waals surface area contributed by atoms with Crippen LogP contribution in [0, 0.1) is 6.92 Å². The van der Waals surface area contributed by atoms with Crippen LogP contribution in [0.15, 0.2) is 53.4 Å². The first-order valence-corrected chi connectivity index (χ1v) is 12.8. The minimum Gasteiger partial charge on any atom is -0.493 e. The molecule has 5 rings (SSSR count). The third-order valence-electron chi connectivity index (χ3n) is 5.93. The van der Waals surface area contributed by atoms with Crippen LogP contribution in [0.2, 0.25) is 10.0 Å². The first kappa shape index (κ1) is 25.3. The number of ether oxygens (including phenoxy) is 4. The standard InChI is InChI=1S/C27H21Cl2NO6S/c1-15-5-3-4-6-17(15)13-34-25-20(29)7-16(8-23(25)33-2)9-24-26(31)30(27(32)37-24)12-18-10-21-22(11-19(18)28)36-14-35-21/h3-11H,12-14H2,1-2H3/b24-9-. The summed E-state index contributed by atoms with van der Waals surface area (Å²) in [7, 11) is 1.51. The Bertz CT molecular complexity index is 1440. The molecular formula is C27H21Cl2NO6S. The topological polar surface area (TPSA) is 74.3 Å². The number of halogens is 2. The van der Waals surface area contributed by atoms with Gasteiger partial charge >= 0.3 is 0 Å². The molecule has 0 aliphatic carbocycles. The molecule has 0 bridgehead atoms. The van der Waals surface area contributed by atoms with Gasteiger partial charge in [0.25, 0.3) is 11.1 Å². The molecule has 0 radical (unpaired) electrons. The van der Waals surface area contributed by atoms with Crippen molar-refractivity contribution in [1.82, 2.24) is 4.90 Å². The van der Waals surface area contributed by atoms with Crippen molar-refractivity contribution in [1.29, 1.82) is 0 Å². The second-order valence-electron chi connectivity index (χ2n) is 8.31. The van der Waals surface area contributed by atoms with Gasteiger partial charge in [-0.05, 0) is 65.2 Å². The first-order valence-electron chi connectivity index (χ1n) is 11.2. The molecule has 37 heavy (non-hydrogen) atoms. The fourth-order valence-corrected chi connectivity index (χ4v) is 5.25. The molecule has 2 heterocycles. The number of hydrogen-bond donors (Lipinski definition) is 0. The highest BCUT2D eigenvalue weighted by molar-refractivity contribution is 8.18. The van der Waals surface area contributed by atoms with E-state index in [0.717, 1.165) is 27.8 Å². The van der Waals surface area contributed by atoms with Crippen molar-refractivity contribution in [2.45, 2.75) is 20.1 Å². The molecule has 2 amide bonds. The minimum atomic E-state index is -0.432. The van der Waals surface area contributed by atoms with E-state index in [1.54, 1.807) is 30.3 Å². The SMILES string of the molecule is COc1cc(/C=C2\SC(=O)N(Cc3cc4c(cc3Cl)OCO4)C2=O)cc(Cl)c1OCc1ccccc1C. The summed E-state index contributed by atoms with van der Waals surface area (Å²) in [5, 5.41) is 0.303. The molecule has 3 aromatic carbocycles. The molecule has 2 aliphatic heterocycles. The van der Waals surface area contributed by atoms with Crippen LogP contribution in [0.1, 0.15) is 22.3 Å². The van der Waals surface area contributed by atoms with E-state index in [1.165, 1.54) is 7.11 Å². The first-order chi connectivity index (χ1) is 17.8. The van der Waals surface area contributed by atoms with Crippen LogP contribution in [0.4, 0.5) is 4.79 Å². The maximum atomic E-state index is 13.1. The van der Waals surface area contributed by atoms with Crippen molar-refractivity contribution in [3.8, 4) is 23.0 Å². The predicted octanol–water partition coefficient (Wildman–Crippen LogP) is 6.85. The van der Waals surface area contributed by atoms with E-state index >= 15 is 0 Å². The van der Waals surface area contributed by atoms with Crippen molar-refractivity contribution in [2.75, 3.05) is 13.9 Å². The van der Waals surface area contributed by atoms with Crippen LogP contribution >= 0.6 is 35.0 Å². The van der Waals surface area contributed by atoms with Crippen molar-refractivity contribution in [2.24, 2.45) is 0 Å². The monoisotopic (exact) mass is 557 g/mol. The molecule has 10 heteroatoms.